The van der Waals surface area contributed by atoms with Crippen LogP contribution in [-0.4, -0.2) is 37.0 Å². The van der Waals surface area contributed by atoms with Gasteiger partial charge in [-0.05, 0) is 191 Å². The van der Waals surface area contributed by atoms with Gasteiger partial charge in [0.05, 0.1) is 52.8 Å². The van der Waals surface area contributed by atoms with Gasteiger partial charge >= 0.3 is 70.6 Å². The van der Waals surface area contributed by atoms with Crippen molar-refractivity contribution >= 4 is 101 Å². The third kappa shape index (κ3) is 52.6. The zero-order chi connectivity index (χ0) is 73.3. The van der Waals surface area contributed by atoms with Gasteiger partial charge in [-0.25, -0.2) is 0 Å². The fraction of sp³-hybridized carbons (Fsp3) is 0.600. The van der Waals surface area contributed by atoms with Crippen molar-refractivity contribution in [2.45, 2.75) is 314 Å². The molecule has 0 fully saturated rings. The minimum atomic E-state index is -0.927. The van der Waals surface area contributed by atoms with Crippen LogP contribution in [0.25, 0.3) is 0 Å². The summed E-state index contributed by atoms with van der Waals surface area (Å²) in [6, 6.07) is 54.2. The number of hydrogen-bond donors (Lipinski definition) is 0. The van der Waals surface area contributed by atoms with Crippen molar-refractivity contribution in [1.82, 2.24) is 0 Å². The van der Waals surface area contributed by atoms with Crippen molar-refractivity contribution in [2.75, 3.05) is 37.0 Å². The van der Waals surface area contributed by atoms with Crippen LogP contribution in [0.3, 0.4) is 0 Å². The molecule has 0 heterocycles. The van der Waals surface area contributed by atoms with E-state index < -0.39 is 48.8 Å². The third-order valence-electron chi connectivity index (χ3n) is 19.3. The molecule has 0 aliphatic carbocycles. The standard InChI is InChI=1S/2C24H51P.2C21H21P.4ClH.2Pt/c2*1-4-7-10-13-16-19-22-25(23-20-17-14-11-8-5-2)24-21-18-15-12-9-6-3;2*1-16-4-10-19(11-5-16)22(20-12-6-17(2)7-13-20)21-14-8-18(3)9-15-21;;;;;;/h2*4-24H2,1-3H3;2*4-15H,1-3H3;4*1H;;/q;;;;;;;;2*+2. The predicted octanol–water partition coefficient (Wildman–Crippen LogP) is 29.5. The van der Waals surface area contributed by atoms with E-state index in [1.165, 1.54) is 258 Å². The van der Waals surface area contributed by atoms with Gasteiger partial charge in [0.1, 0.15) is 31.8 Å². The maximum absolute atomic E-state index is 4.88. The van der Waals surface area contributed by atoms with Crippen molar-refractivity contribution in [3.63, 3.8) is 0 Å². The normalized spacial score (nSPS) is 11.0. The van der Waals surface area contributed by atoms with Crippen LogP contribution in [0.1, 0.15) is 306 Å². The van der Waals surface area contributed by atoms with Gasteiger partial charge in [0.25, 0.3) is 0 Å². The number of aryl methyl sites for hydroxylation is 6. The predicted molar refractivity (Wildman–Crippen MR) is 471 cm³/mol. The molecule has 0 saturated carbocycles. The summed E-state index contributed by atoms with van der Waals surface area (Å²) in [5.41, 5.74) is 7.91. The van der Waals surface area contributed by atoms with E-state index in [1.54, 1.807) is 75.5 Å². The monoisotopic (exact) mass is 1880 g/mol. The van der Waals surface area contributed by atoms with E-state index in [9.17, 15) is 0 Å². The Balaban J connectivity index is 0.000000648. The second-order valence-corrected chi connectivity index (χ2v) is 46.2. The third-order valence-corrected chi connectivity index (χ3v) is 31.2. The minimum absolute atomic E-state index is 0.0222. The topological polar surface area (TPSA) is 0 Å². The fourth-order valence-electron chi connectivity index (χ4n) is 13.0. The van der Waals surface area contributed by atoms with E-state index in [0.29, 0.717) is 0 Å². The zero-order valence-corrected chi connectivity index (χ0v) is 77.3. The first kappa shape index (κ1) is 97.6. The van der Waals surface area contributed by atoms with Gasteiger partial charge < -0.3 is 0 Å². The van der Waals surface area contributed by atoms with Gasteiger partial charge in [0, 0.05) is 15.8 Å². The van der Waals surface area contributed by atoms with Crippen molar-refractivity contribution < 1.29 is 33.0 Å². The van der Waals surface area contributed by atoms with Crippen molar-refractivity contribution in [3.05, 3.63) is 179 Å². The molecule has 0 radical (unpaired) electrons. The molecule has 0 aliphatic heterocycles. The van der Waals surface area contributed by atoms with E-state index in [1.807, 2.05) is 0 Å². The molecule has 100 heavy (non-hydrogen) atoms. The summed E-state index contributed by atoms with van der Waals surface area (Å²) in [6.45, 7) is 26.8. The Morgan fingerprint density at radius 1 is 0.190 bits per heavy atom. The molecule has 0 aromatic heterocycles. The Hall–Kier alpha value is -0.423. The molecule has 6 aromatic rings. The average Bonchev–Trinajstić information content (AvgIpc) is 0.820. The fourth-order valence-corrected chi connectivity index (χ4v) is 24.0. The van der Waals surface area contributed by atoms with Crippen LogP contribution in [0.4, 0.5) is 0 Å². The Morgan fingerprint density at radius 3 is 0.420 bits per heavy atom. The first-order chi connectivity index (χ1) is 48.8. The number of hydrogen-bond acceptors (Lipinski definition) is 0. The Morgan fingerprint density at radius 2 is 0.300 bits per heavy atom. The molecular formula is C90H148Cl4P4Pt2+4. The van der Waals surface area contributed by atoms with E-state index >= 15 is 0 Å². The first-order valence-electron chi connectivity index (χ1n) is 40.3. The van der Waals surface area contributed by atoms with Gasteiger partial charge in [-0.15, -0.1) is 0 Å². The van der Waals surface area contributed by atoms with Crippen LogP contribution in [-0.2, 0) is 33.0 Å². The molecule has 0 spiro atoms. The van der Waals surface area contributed by atoms with Crippen molar-refractivity contribution in [1.29, 1.82) is 0 Å². The van der Waals surface area contributed by atoms with Crippen LogP contribution in [0, 0.1) is 41.5 Å². The van der Waals surface area contributed by atoms with Crippen LogP contribution < -0.4 is 31.8 Å². The molecular weight excluding hydrogens is 1740 g/mol. The molecule has 6 rings (SSSR count). The molecule has 0 nitrogen and oxygen atoms in total. The Labute approximate surface area is 658 Å². The quantitative estimate of drug-likeness (QED) is 0.0264. The number of benzene rings is 6. The summed E-state index contributed by atoms with van der Waals surface area (Å²) in [6.07, 6.45) is 63.0. The number of halogens is 4. The van der Waals surface area contributed by atoms with Crippen LogP contribution in [0.5, 0.6) is 0 Å². The van der Waals surface area contributed by atoms with E-state index in [4.69, 9.17) is 37.7 Å². The van der Waals surface area contributed by atoms with Gasteiger partial charge in [0.15, 0.2) is 0 Å². The molecule has 0 aliphatic rings. The summed E-state index contributed by atoms with van der Waals surface area (Å²) in [5, 5.41) is 8.69. The molecule has 0 saturated heterocycles. The van der Waals surface area contributed by atoms with Gasteiger partial charge in [-0.1, -0.05) is 302 Å². The maximum atomic E-state index is 4.88. The molecule has 0 bridgehead atoms. The molecule has 572 valence electrons. The van der Waals surface area contributed by atoms with Crippen LogP contribution >= 0.6 is 69.4 Å². The Bertz CT molecular complexity index is 2200. The first-order valence-corrected chi connectivity index (χ1v) is 58.8. The molecule has 10 heteroatoms. The second-order valence-electron chi connectivity index (χ2n) is 28.6. The van der Waals surface area contributed by atoms with Gasteiger partial charge in [-0.2, -0.15) is 0 Å². The van der Waals surface area contributed by atoms with E-state index in [0.717, 1.165) is 0 Å². The summed E-state index contributed by atoms with van der Waals surface area (Å²) in [5.74, 6) is 0. The summed E-state index contributed by atoms with van der Waals surface area (Å²) in [7, 11) is 17.6. The van der Waals surface area contributed by atoms with E-state index in [2.05, 4.69) is 229 Å². The molecule has 6 aromatic carbocycles. The van der Waals surface area contributed by atoms with Crippen molar-refractivity contribution in [2.24, 2.45) is 0 Å². The second kappa shape index (κ2) is 70.3. The molecule has 0 amide bonds. The number of rotatable bonds is 48. The Kier molecular flexibility index (Phi) is 68.6. The average molecular weight is 1890 g/mol. The molecule has 0 N–H and O–H groups in total. The molecule has 0 unspecified atom stereocenters. The van der Waals surface area contributed by atoms with Crippen LogP contribution in [0.15, 0.2) is 146 Å². The SMILES string of the molecule is CCCCCCCC[PH+](CCCCCCCC)CCCCCCCC.CCCCCCCC[PH+](CCCCCCCC)CCCCCCCC.Cc1ccc([PH+](c2ccc(C)cc2)c2ccc(C)cc2)cc1.Cc1ccc([PH+](c2ccc(C)cc2)c2ccc(C)cc2)cc1.[Cl][Pt][Cl].[Cl][Pt][Cl]. The number of unbranched alkanes of at least 4 members (excludes halogenated alkanes) is 30. The van der Waals surface area contributed by atoms with Gasteiger partial charge in [-0.3, -0.25) is 0 Å². The summed E-state index contributed by atoms with van der Waals surface area (Å²) >= 11 is -0.944. The summed E-state index contributed by atoms with van der Waals surface area (Å²) in [4.78, 5) is 0. The van der Waals surface area contributed by atoms with E-state index in [-0.39, 0.29) is 15.8 Å². The van der Waals surface area contributed by atoms with Crippen molar-refractivity contribution in [3.8, 4) is 0 Å². The molecule has 0 atom stereocenters. The van der Waals surface area contributed by atoms with Gasteiger partial charge in [0.2, 0.25) is 0 Å². The van der Waals surface area contributed by atoms with Crippen LogP contribution in [0.2, 0.25) is 0 Å². The zero-order valence-electron chi connectivity index (χ0n) is 65.7. The summed E-state index contributed by atoms with van der Waals surface area (Å²) < 4.78 is 0.